The van der Waals surface area contributed by atoms with Crippen LogP contribution in [0.3, 0.4) is 0 Å². The Hall–Kier alpha value is -2.73. The molecule has 4 atom stereocenters. The molecule has 1 amide bonds. The van der Waals surface area contributed by atoms with E-state index in [0.717, 1.165) is 29.7 Å². The molecule has 3 heterocycles. The molecule has 6 nitrogen and oxygen atoms in total. The number of fused-ring (bicyclic) bond motifs is 4. The van der Waals surface area contributed by atoms with Gasteiger partial charge in [-0.25, -0.2) is 0 Å². The van der Waals surface area contributed by atoms with Crippen LogP contribution in [0.5, 0.6) is 0 Å². The van der Waals surface area contributed by atoms with Crippen molar-refractivity contribution in [3.63, 3.8) is 0 Å². The first-order valence-electron chi connectivity index (χ1n) is 9.02. The number of nitrogens with one attached hydrogen (secondary N) is 1. The van der Waals surface area contributed by atoms with Crippen LogP contribution in [0.2, 0.25) is 0 Å². The number of para-hydroxylation sites is 1. The summed E-state index contributed by atoms with van der Waals surface area (Å²) in [5.74, 6) is -0.642. The highest BCUT2D eigenvalue weighted by molar-refractivity contribution is 6.07. The SMILES string of the molecule is O=C1Nc2ccccc2[C@@]12[C@@H](c1ccccc1)[C@H]([N+](=O)[O-])C1CCCN12. The van der Waals surface area contributed by atoms with E-state index in [2.05, 4.69) is 10.2 Å². The summed E-state index contributed by atoms with van der Waals surface area (Å²) in [5, 5.41) is 15.1. The van der Waals surface area contributed by atoms with E-state index in [0.29, 0.717) is 6.54 Å². The highest BCUT2D eigenvalue weighted by atomic mass is 16.6. The Morgan fingerprint density at radius 2 is 1.85 bits per heavy atom. The average Bonchev–Trinajstić information content (AvgIpc) is 3.29. The number of hydrogen-bond donors (Lipinski definition) is 1. The van der Waals surface area contributed by atoms with Crippen molar-refractivity contribution in [2.45, 2.75) is 36.4 Å². The highest BCUT2D eigenvalue weighted by Crippen LogP contribution is 2.59. The summed E-state index contributed by atoms with van der Waals surface area (Å²) in [6.45, 7) is 0.708. The van der Waals surface area contributed by atoms with Gasteiger partial charge in [-0.15, -0.1) is 0 Å². The number of nitrogens with zero attached hydrogens (tertiary/aromatic N) is 2. The Bertz CT molecular complexity index is 900. The highest BCUT2D eigenvalue weighted by Gasteiger charge is 2.71. The van der Waals surface area contributed by atoms with Crippen LogP contribution >= 0.6 is 0 Å². The van der Waals surface area contributed by atoms with Gasteiger partial charge < -0.3 is 5.32 Å². The molecule has 1 unspecified atom stereocenters. The quantitative estimate of drug-likeness (QED) is 0.668. The van der Waals surface area contributed by atoms with Crippen LogP contribution < -0.4 is 5.32 Å². The zero-order chi connectivity index (χ0) is 17.9. The minimum Gasteiger partial charge on any atom is -0.324 e. The molecular weight excluding hydrogens is 330 g/mol. The van der Waals surface area contributed by atoms with E-state index in [1.807, 2.05) is 54.6 Å². The summed E-state index contributed by atoms with van der Waals surface area (Å²) >= 11 is 0. The van der Waals surface area contributed by atoms with Crippen molar-refractivity contribution in [3.8, 4) is 0 Å². The summed E-state index contributed by atoms with van der Waals surface area (Å²) in [4.78, 5) is 27.5. The van der Waals surface area contributed by atoms with Crippen molar-refractivity contribution in [3.05, 3.63) is 75.8 Å². The first-order chi connectivity index (χ1) is 12.7. The maximum Gasteiger partial charge on any atom is 0.250 e. The lowest BCUT2D eigenvalue weighted by atomic mass is 9.73. The van der Waals surface area contributed by atoms with Crippen LogP contribution in [-0.2, 0) is 10.3 Å². The van der Waals surface area contributed by atoms with Gasteiger partial charge in [0.1, 0.15) is 5.54 Å². The van der Waals surface area contributed by atoms with Gasteiger partial charge in [0.25, 0.3) is 5.91 Å². The van der Waals surface area contributed by atoms with E-state index >= 15 is 0 Å². The molecule has 0 radical (unpaired) electrons. The van der Waals surface area contributed by atoms with Crippen molar-refractivity contribution in [2.24, 2.45) is 0 Å². The van der Waals surface area contributed by atoms with Crippen LogP contribution in [0.1, 0.15) is 29.9 Å². The smallest absolute Gasteiger partial charge is 0.250 e. The number of benzene rings is 2. The minimum atomic E-state index is -1.00. The third-order valence-electron chi connectivity index (χ3n) is 6.27. The lowest BCUT2D eigenvalue weighted by Crippen LogP contribution is -2.50. The second-order valence-corrected chi connectivity index (χ2v) is 7.33. The molecular formula is C20H19N3O3. The van der Waals surface area contributed by atoms with Gasteiger partial charge in [0.05, 0.1) is 12.0 Å². The van der Waals surface area contributed by atoms with Gasteiger partial charge in [0, 0.05) is 22.7 Å². The predicted octanol–water partition coefficient (Wildman–Crippen LogP) is 2.74. The molecule has 1 N–H and O–H groups in total. The summed E-state index contributed by atoms with van der Waals surface area (Å²) in [7, 11) is 0. The fourth-order valence-electron chi connectivity index (χ4n) is 5.45. The predicted molar refractivity (Wildman–Crippen MR) is 96.4 cm³/mol. The third-order valence-corrected chi connectivity index (χ3v) is 6.27. The van der Waals surface area contributed by atoms with Crippen molar-refractivity contribution < 1.29 is 9.72 Å². The summed E-state index contributed by atoms with van der Waals surface area (Å²) in [6, 6.07) is 16.1. The Morgan fingerprint density at radius 1 is 1.12 bits per heavy atom. The van der Waals surface area contributed by atoms with Crippen LogP contribution in [-0.4, -0.2) is 34.4 Å². The van der Waals surface area contributed by atoms with Gasteiger partial charge in [0.2, 0.25) is 6.04 Å². The van der Waals surface area contributed by atoms with Gasteiger partial charge in [-0.3, -0.25) is 19.8 Å². The standard InChI is InChI=1S/C20H19N3O3/c24-19-20(14-9-4-5-10-15(14)21-19)17(13-7-2-1-3-8-13)18(23(25)26)16-11-6-12-22(16)20/h1-5,7-10,16-18H,6,11-12H2,(H,21,24)/t16?,17-,18+,20+/m0/s1. The molecule has 2 fully saturated rings. The number of anilines is 1. The summed E-state index contributed by atoms with van der Waals surface area (Å²) in [6.07, 6.45) is 1.64. The Balaban J connectivity index is 1.81. The van der Waals surface area contributed by atoms with Crippen molar-refractivity contribution in [1.82, 2.24) is 4.90 Å². The zero-order valence-electron chi connectivity index (χ0n) is 14.2. The van der Waals surface area contributed by atoms with E-state index in [1.54, 1.807) is 0 Å². The molecule has 2 aromatic rings. The fraction of sp³-hybridized carbons (Fsp3) is 0.350. The second kappa shape index (κ2) is 5.38. The van der Waals surface area contributed by atoms with E-state index in [1.165, 1.54) is 0 Å². The first kappa shape index (κ1) is 15.5. The molecule has 5 rings (SSSR count). The Kier molecular flexibility index (Phi) is 3.21. The molecule has 0 aromatic heterocycles. The van der Waals surface area contributed by atoms with E-state index < -0.39 is 17.5 Å². The van der Waals surface area contributed by atoms with Gasteiger partial charge in [-0.2, -0.15) is 0 Å². The topological polar surface area (TPSA) is 75.5 Å². The molecule has 3 aliphatic heterocycles. The molecule has 26 heavy (non-hydrogen) atoms. The summed E-state index contributed by atoms with van der Waals surface area (Å²) < 4.78 is 0. The molecule has 2 saturated heterocycles. The lowest BCUT2D eigenvalue weighted by molar-refractivity contribution is -0.527. The van der Waals surface area contributed by atoms with Crippen molar-refractivity contribution >= 4 is 11.6 Å². The third kappa shape index (κ3) is 1.77. The largest absolute Gasteiger partial charge is 0.324 e. The normalized spacial score (nSPS) is 32.5. The van der Waals surface area contributed by atoms with Crippen LogP contribution in [0, 0.1) is 10.1 Å². The molecule has 2 aromatic carbocycles. The molecule has 1 spiro atoms. The maximum absolute atomic E-state index is 13.4. The first-order valence-corrected chi connectivity index (χ1v) is 9.02. The number of rotatable bonds is 2. The van der Waals surface area contributed by atoms with Gasteiger partial charge in [0.15, 0.2) is 0 Å². The van der Waals surface area contributed by atoms with Crippen molar-refractivity contribution in [1.29, 1.82) is 0 Å². The number of carbonyl (C=O) groups excluding carboxylic acids is 1. The number of hydrogen-bond acceptors (Lipinski definition) is 4. The summed E-state index contributed by atoms with van der Waals surface area (Å²) in [5.41, 5.74) is 1.50. The molecule has 6 heteroatoms. The monoisotopic (exact) mass is 349 g/mol. The zero-order valence-corrected chi connectivity index (χ0v) is 14.2. The van der Waals surface area contributed by atoms with Crippen molar-refractivity contribution in [2.75, 3.05) is 11.9 Å². The average molecular weight is 349 g/mol. The van der Waals surface area contributed by atoms with Gasteiger partial charge in [-0.1, -0.05) is 48.5 Å². The molecule has 0 aliphatic carbocycles. The van der Waals surface area contributed by atoms with Crippen LogP contribution in [0.4, 0.5) is 5.69 Å². The second-order valence-electron chi connectivity index (χ2n) is 7.33. The van der Waals surface area contributed by atoms with Gasteiger partial charge >= 0.3 is 0 Å². The van der Waals surface area contributed by atoms with E-state index in [4.69, 9.17) is 0 Å². The maximum atomic E-state index is 13.4. The lowest BCUT2D eigenvalue weighted by Gasteiger charge is -2.36. The van der Waals surface area contributed by atoms with E-state index in [-0.39, 0.29) is 16.9 Å². The molecule has 0 saturated carbocycles. The molecule has 0 bridgehead atoms. The van der Waals surface area contributed by atoms with Crippen LogP contribution in [0.25, 0.3) is 0 Å². The van der Waals surface area contributed by atoms with Crippen LogP contribution in [0.15, 0.2) is 54.6 Å². The van der Waals surface area contributed by atoms with Gasteiger partial charge in [-0.05, 0) is 24.5 Å². The Morgan fingerprint density at radius 3 is 2.62 bits per heavy atom. The number of amides is 1. The van der Waals surface area contributed by atoms with E-state index in [9.17, 15) is 14.9 Å². The minimum absolute atomic E-state index is 0.135. The number of nitro groups is 1. The number of carbonyl (C=O) groups is 1. The molecule has 3 aliphatic rings. The Labute approximate surface area is 151 Å². The fourth-order valence-corrected chi connectivity index (χ4v) is 5.45. The molecule has 132 valence electrons.